The van der Waals surface area contributed by atoms with E-state index in [1.807, 2.05) is 6.92 Å². The standard InChI is InChI=1S/C10H8N2O3S/c1-6-2-3-11-10(12-6)15-7-4-8(9(13)14)16-5-7/h2-5H,1H3,(H,13,14). The number of carbonyl (C=O) groups is 1. The summed E-state index contributed by atoms with van der Waals surface area (Å²) in [6.45, 7) is 1.82. The fourth-order valence-electron chi connectivity index (χ4n) is 1.06. The van der Waals surface area contributed by atoms with Crippen LogP contribution in [-0.2, 0) is 0 Å². The Bertz CT molecular complexity index is 524. The van der Waals surface area contributed by atoms with E-state index in [-0.39, 0.29) is 10.9 Å². The lowest BCUT2D eigenvalue weighted by Gasteiger charge is -2.00. The molecule has 82 valence electrons. The van der Waals surface area contributed by atoms with Gasteiger partial charge in [-0.05, 0) is 13.0 Å². The molecule has 0 saturated carbocycles. The first-order valence-electron chi connectivity index (χ1n) is 4.44. The van der Waals surface area contributed by atoms with Crippen LogP contribution in [0.15, 0.2) is 23.7 Å². The molecule has 0 fully saturated rings. The van der Waals surface area contributed by atoms with Crippen LogP contribution >= 0.6 is 11.3 Å². The van der Waals surface area contributed by atoms with Gasteiger partial charge in [0.15, 0.2) is 0 Å². The second kappa shape index (κ2) is 4.28. The number of aryl methyl sites for hydroxylation is 1. The van der Waals surface area contributed by atoms with Gasteiger partial charge in [0.1, 0.15) is 10.6 Å². The molecule has 2 rings (SSSR count). The summed E-state index contributed by atoms with van der Waals surface area (Å²) in [7, 11) is 0. The molecule has 0 aliphatic carbocycles. The van der Waals surface area contributed by atoms with Crippen LogP contribution in [-0.4, -0.2) is 21.0 Å². The number of rotatable bonds is 3. The molecular formula is C10H8N2O3S. The van der Waals surface area contributed by atoms with Gasteiger partial charge in [-0.15, -0.1) is 11.3 Å². The zero-order valence-corrected chi connectivity index (χ0v) is 9.19. The Hall–Kier alpha value is -1.95. The molecule has 0 aliphatic heterocycles. The van der Waals surface area contributed by atoms with Crippen LogP contribution in [0.25, 0.3) is 0 Å². The van der Waals surface area contributed by atoms with Crippen LogP contribution in [0.3, 0.4) is 0 Å². The summed E-state index contributed by atoms with van der Waals surface area (Å²) in [6.07, 6.45) is 1.59. The Kier molecular flexibility index (Phi) is 2.82. The predicted octanol–water partition coefficient (Wildman–Crippen LogP) is 2.34. The third-order valence-electron chi connectivity index (χ3n) is 1.77. The molecule has 2 aromatic rings. The van der Waals surface area contributed by atoms with Crippen molar-refractivity contribution in [1.82, 2.24) is 9.97 Å². The van der Waals surface area contributed by atoms with Gasteiger partial charge in [0.05, 0.1) is 0 Å². The van der Waals surface area contributed by atoms with E-state index < -0.39 is 5.97 Å². The molecule has 0 spiro atoms. The minimum Gasteiger partial charge on any atom is -0.477 e. The number of hydrogen-bond donors (Lipinski definition) is 1. The van der Waals surface area contributed by atoms with Gasteiger partial charge in [0, 0.05) is 23.3 Å². The molecule has 2 heterocycles. The molecule has 2 aromatic heterocycles. The maximum absolute atomic E-state index is 10.6. The van der Waals surface area contributed by atoms with Gasteiger partial charge >= 0.3 is 12.0 Å². The summed E-state index contributed by atoms with van der Waals surface area (Å²) >= 11 is 1.10. The predicted molar refractivity (Wildman–Crippen MR) is 58.1 cm³/mol. The third kappa shape index (κ3) is 2.34. The highest BCUT2D eigenvalue weighted by molar-refractivity contribution is 7.12. The highest BCUT2D eigenvalue weighted by Crippen LogP contribution is 2.24. The number of carboxylic acid groups (broad SMARTS) is 1. The Morgan fingerprint density at radius 2 is 2.38 bits per heavy atom. The first-order chi connectivity index (χ1) is 7.65. The SMILES string of the molecule is Cc1ccnc(Oc2csc(C(=O)O)c2)n1. The van der Waals surface area contributed by atoms with Crippen molar-refractivity contribution < 1.29 is 14.6 Å². The number of carboxylic acids is 1. The number of hydrogen-bond acceptors (Lipinski definition) is 5. The van der Waals surface area contributed by atoms with E-state index in [0.29, 0.717) is 5.75 Å². The minimum atomic E-state index is -0.968. The Morgan fingerprint density at radius 1 is 1.56 bits per heavy atom. The quantitative estimate of drug-likeness (QED) is 0.885. The van der Waals surface area contributed by atoms with Crippen molar-refractivity contribution in [1.29, 1.82) is 0 Å². The topological polar surface area (TPSA) is 72.3 Å². The Labute approximate surface area is 95.4 Å². The minimum absolute atomic E-state index is 0.217. The highest BCUT2D eigenvalue weighted by atomic mass is 32.1. The van der Waals surface area contributed by atoms with Crippen LogP contribution in [0.2, 0.25) is 0 Å². The van der Waals surface area contributed by atoms with Gasteiger partial charge < -0.3 is 9.84 Å². The number of ether oxygens (including phenoxy) is 1. The van der Waals surface area contributed by atoms with Gasteiger partial charge in [-0.1, -0.05) is 0 Å². The zero-order chi connectivity index (χ0) is 11.5. The highest BCUT2D eigenvalue weighted by Gasteiger charge is 2.09. The largest absolute Gasteiger partial charge is 0.477 e. The number of thiophene rings is 1. The van der Waals surface area contributed by atoms with E-state index in [2.05, 4.69) is 9.97 Å². The summed E-state index contributed by atoms with van der Waals surface area (Å²) in [5.74, 6) is -0.530. The lowest BCUT2D eigenvalue weighted by Crippen LogP contribution is -1.92. The molecule has 6 heteroatoms. The number of nitrogens with zero attached hydrogens (tertiary/aromatic N) is 2. The molecule has 0 atom stereocenters. The first-order valence-corrected chi connectivity index (χ1v) is 5.32. The first kappa shape index (κ1) is 10.6. The fourth-order valence-corrected chi connectivity index (χ4v) is 1.71. The average molecular weight is 236 g/mol. The summed E-state index contributed by atoms with van der Waals surface area (Å²) in [5.41, 5.74) is 0.790. The van der Waals surface area contributed by atoms with Gasteiger partial charge in [-0.2, -0.15) is 0 Å². The maximum Gasteiger partial charge on any atom is 0.346 e. The van der Waals surface area contributed by atoms with Crippen molar-refractivity contribution >= 4 is 17.3 Å². The van der Waals surface area contributed by atoms with Crippen LogP contribution in [0.1, 0.15) is 15.4 Å². The molecule has 16 heavy (non-hydrogen) atoms. The van der Waals surface area contributed by atoms with Crippen molar-refractivity contribution in [3.63, 3.8) is 0 Å². The lowest BCUT2D eigenvalue weighted by atomic mass is 10.4. The van der Waals surface area contributed by atoms with Crippen LogP contribution < -0.4 is 4.74 Å². The van der Waals surface area contributed by atoms with Crippen molar-refractivity contribution in [3.05, 3.63) is 34.3 Å². The fraction of sp³-hybridized carbons (Fsp3) is 0.100. The van der Waals surface area contributed by atoms with Gasteiger partial charge in [0.2, 0.25) is 0 Å². The van der Waals surface area contributed by atoms with Crippen LogP contribution in [0.4, 0.5) is 0 Å². The molecule has 1 N–H and O–H groups in total. The molecule has 0 aromatic carbocycles. The van der Waals surface area contributed by atoms with Gasteiger partial charge in [0.25, 0.3) is 0 Å². The van der Waals surface area contributed by atoms with Crippen LogP contribution in [0, 0.1) is 6.92 Å². The molecule has 0 radical (unpaired) electrons. The monoisotopic (exact) mass is 236 g/mol. The summed E-state index contributed by atoms with van der Waals surface area (Å²) in [6, 6.07) is 3.41. The summed E-state index contributed by atoms with van der Waals surface area (Å²) in [5, 5.41) is 10.3. The van der Waals surface area contributed by atoms with E-state index in [4.69, 9.17) is 9.84 Å². The molecule has 5 nitrogen and oxygen atoms in total. The third-order valence-corrected chi connectivity index (χ3v) is 2.66. The molecule has 0 amide bonds. The molecular weight excluding hydrogens is 228 g/mol. The van der Waals surface area contributed by atoms with E-state index in [0.717, 1.165) is 17.0 Å². The van der Waals surface area contributed by atoms with Crippen molar-refractivity contribution in [3.8, 4) is 11.8 Å². The number of aromatic nitrogens is 2. The second-order valence-electron chi connectivity index (χ2n) is 3.03. The second-order valence-corrected chi connectivity index (χ2v) is 3.95. The lowest BCUT2D eigenvalue weighted by molar-refractivity contribution is 0.0702. The van der Waals surface area contributed by atoms with E-state index in [1.165, 1.54) is 6.07 Å². The van der Waals surface area contributed by atoms with Gasteiger partial charge in [-0.3, -0.25) is 0 Å². The van der Waals surface area contributed by atoms with Crippen molar-refractivity contribution in [2.24, 2.45) is 0 Å². The summed E-state index contributed by atoms with van der Waals surface area (Å²) < 4.78 is 5.31. The van der Waals surface area contributed by atoms with E-state index in [1.54, 1.807) is 17.6 Å². The Morgan fingerprint density at radius 3 is 3.00 bits per heavy atom. The van der Waals surface area contributed by atoms with Crippen molar-refractivity contribution in [2.45, 2.75) is 6.92 Å². The molecule has 0 saturated heterocycles. The van der Waals surface area contributed by atoms with E-state index >= 15 is 0 Å². The van der Waals surface area contributed by atoms with E-state index in [9.17, 15) is 4.79 Å². The normalized spacial score (nSPS) is 10.1. The molecule has 0 unspecified atom stereocenters. The zero-order valence-electron chi connectivity index (χ0n) is 8.38. The maximum atomic E-state index is 10.6. The average Bonchev–Trinajstić information content (AvgIpc) is 2.66. The van der Waals surface area contributed by atoms with Gasteiger partial charge in [-0.25, -0.2) is 14.8 Å². The Balaban J connectivity index is 2.17. The van der Waals surface area contributed by atoms with Crippen molar-refractivity contribution in [2.75, 3.05) is 0 Å². The molecule has 0 bridgehead atoms. The summed E-state index contributed by atoms with van der Waals surface area (Å²) in [4.78, 5) is 18.8. The van der Waals surface area contributed by atoms with Crippen LogP contribution in [0.5, 0.6) is 11.8 Å². The smallest absolute Gasteiger partial charge is 0.346 e. The number of aromatic carboxylic acids is 1. The molecule has 0 aliphatic rings.